The second kappa shape index (κ2) is 9.31. The van der Waals surface area contributed by atoms with Crippen LogP contribution in [0.15, 0.2) is 73.2 Å². The molecule has 7 rings (SSSR count). The number of rotatable bonds is 5. The molecule has 1 aliphatic rings. The van der Waals surface area contributed by atoms with Crippen molar-refractivity contribution in [2.75, 3.05) is 13.1 Å². The first-order chi connectivity index (χ1) is 19.3. The van der Waals surface area contributed by atoms with Gasteiger partial charge in [-0.15, -0.1) is 0 Å². The Labute approximate surface area is 227 Å². The number of hydrogen-bond donors (Lipinski definition) is 2. The van der Waals surface area contributed by atoms with Gasteiger partial charge in [-0.3, -0.25) is 20.0 Å². The second-order valence-corrected chi connectivity index (χ2v) is 10.6. The third-order valence-electron chi connectivity index (χ3n) is 7.47. The van der Waals surface area contributed by atoms with E-state index in [1.165, 1.54) is 6.07 Å². The smallest absolute Gasteiger partial charge is 0.261 e. The maximum atomic E-state index is 14.2. The first-order valence-corrected chi connectivity index (χ1v) is 13.1. The largest absolute Gasteiger partial charge is 0.353 e. The summed E-state index contributed by atoms with van der Waals surface area (Å²) in [6.07, 6.45) is 5.06. The number of benzene rings is 2. The summed E-state index contributed by atoms with van der Waals surface area (Å²) in [4.78, 5) is 14.2. The molecule has 1 aliphatic heterocycles. The van der Waals surface area contributed by atoms with E-state index in [2.05, 4.69) is 25.1 Å². The number of aromatic nitrogens is 5. The van der Waals surface area contributed by atoms with Crippen molar-refractivity contribution in [2.24, 2.45) is 0 Å². The number of aryl methyl sites for hydroxylation is 1. The summed E-state index contributed by atoms with van der Waals surface area (Å²) in [6, 6.07) is 16.9. The molecule has 0 aliphatic carbocycles. The van der Waals surface area contributed by atoms with Crippen LogP contribution in [0.5, 0.6) is 0 Å². The van der Waals surface area contributed by atoms with Crippen LogP contribution >= 0.6 is 0 Å². The monoisotopic (exact) mass is 538 g/mol. The number of likely N-dealkylation sites (tertiary alicyclic amines) is 1. The van der Waals surface area contributed by atoms with Crippen LogP contribution in [0.3, 0.4) is 0 Å². The zero-order valence-corrected chi connectivity index (χ0v) is 21.7. The molecule has 1 saturated heterocycles. The zero-order chi connectivity index (χ0) is 27.4. The Morgan fingerprint density at radius 1 is 0.950 bits per heavy atom. The minimum absolute atomic E-state index is 0.112. The fraction of sp³-hybridized carbons (Fsp3) is 0.194. The van der Waals surface area contributed by atoms with Gasteiger partial charge < -0.3 is 4.98 Å². The number of fused-ring (bicyclic) bond motifs is 2. The molecule has 2 aromatic carbocycles. The average molecular weight is 539 g/mol. The van der Waals surface area contributed by atoms with Crippen LogP contribution in [0.1, 0.15) is 17.5 Å². The lowest BCUT2D eigenvalue weighted by Gasteiger charge is -2.15. The van der Waals surface area contributed by atoms with Crippen LogP contribution in [-0.2, 0) is 6.54 Å². The van der Waals surface area contributed by atoms with E-state index in [1.807, 2.05) is 49.4 Å². The second-order valence-electron chi connectivity index (χ2n) is 10.6. The van der Waals surface area contributed by atoms with Gasteiger partial charge in [-0.25, -0.2) is 13.2 Å². The molecule has 9 heteroatoms. The molecule has 2 N–H and O–H groups in total. The molecule has 0 unspecified atom stereocenters. The zero-order valence-electron chi connectivity index (χ0n) is 21.7. The van der Waals surface area contributed by atoms with E-state index in [0.717, 1.165) is 61.0 Å². The number of halogens is 3. The van der Waals surface area contributed by atoms with Gasteiger partial charge in [0, 0.05) is 53.8 Å². The molecule has 0 saturated carbocycles. The van der Waals surface area contributed by atoms with Crippen molar-refractivity contribution < 1.29 is 13.2 Å². The van der Waals surface area contributed by atoms with Gasteiger partial charge >= 0.3 is 0 Å². The molecule has 0 atom stereocenters. The quantitative estimate of drug-likeness (QED) is 0.245. The number of pyridine rings is 2. The van der Waals surface area contributed by atoms with Crippen molar-refractivity contribution in [2.45, 2.75) is 25.8 Å². The Morgan fingerprint density at radius 3 is 2.67 bits per heavy atom. The maximum absolute atomic E-state index is 14.2. The van der Waals surface area contributed by atoms with Gasteiger partial charge in [0.15, 0.2) is 0 Å². The molecule has 6 aromatic rings. The molecule has 0 radical (unpaired) electrons. The van der Waals surface area contributed by atoms with Crippen LogP contribution in [0.2, 0.25) is 0 Å². The maximum Gasteiger partial charge on any atom is 0.261 e. The number of nitrogens with zero attached hydrogens (tertiary/aromatic N) is 4. The fourth-order valence-corrected chi connectivity index (χ4v) is 5.62. The Bertz CT molecular complexity index is 1870. The summed E-state index contributed by atoms with van der Waals surface area (Å²) < 4.78 is 41.5. The van der Waals surface area contributed by atoms with Gasteiger partial charge in [-0.2, -0.15) is 5.10 Å². The molecule has 5 heterocycles. The molecule has 0 amide bonds. The lowest BCUT2D eigenvalue weighted by molar-refractivity contribution is 0.0115. The summed E-state index contributed by atoms with van der Waals surface area (Å²) in [5.41, 5.74) is 8.24. The summed E-state index contributed by atoms with van der Waals surface area (Å²) >= 11 is 0. The highest BCUT2D eigenvalue weighted by molar-refractivity contribution is 6.01. The standard InChI is InChI=1S/C31H25F3N6/c1-18-7-20(10-22(32)8-18)23-3-2-4-26-24(23)11-28(37-26)30-25-12-27(36-15-29(25)38-39-30)21-9-19(13-35-14-21)16-40-6-5-31(33,34)17-40/h2-4,7-15,37H,5-6,16-17H2,1H3,(H,38,39). The highest BCUT2D eigenvalue weighted by atomic mass is 19.3. The predicted molar refractivity (Wildman–Crippen MR) is 149 cm³/mol. The number of nitrogens with one attached hydrogen (secondary N) is 2. The van der Waals surface area contributed by atoms with Crippen molar-refractivity contribution >= 4 is 21.8 Å². The first-order valence-electron chi connectivity index (χ1n) is 13.1. The minimum Gasteiger partial charge on any atom is -0.353 e. The fourth-order valence-electron chi connectivity index (χ4n) is 5.62. The van der Waals surface area contributed by atoms with Crippen LogP contribution in [0, 0.1) is 12.7 Å². The molecule has 0 spiro atoms. The Kier molecular flexibility index (Phi) is 5.71. The summed E-state index contributed by atoms with van der Waals surface area (Å²) in [7, 11) is 0. The SMILES string of the molecule is Cc1cc(F)cc(-c2cccc3[nH]c(-c4n[nH]c5cnc(-c6cncc(CN7CCC(F)(F)C7)c6)cc45)cc23)c1. The summed E-state index contributed by atoms with van der Waals surface area (Å²) in [6.45, 7) is 2.43. The van der Waals surface area contributed by atoms with Gasteiger partial charge in [-0.05, 0) is 65.6 Å². The van der Waals surface area contributed by atoms with E-state index in [4.69, 9.17) is 0 Å². The lowest BCUT2D eigenvalue weighted by Crippen LogP contribution is -2.24. The third-order valence-corrected chi connectivity index (χ3v) is 7.47. The molecular formula is C31H25F3N6. The minimum atomic E-state index is -2.63. The van der Waals surface area contributed by atoms with E-state index in [-0.39, 0.29) is 18.8 Å². The molecular weight excluding hydrogens is 513 g/mol. The van der Waals surface area contributed by atoms with E-state index >= 15 is 0 Å². The number of H-pyrrole nitrogens is 2. The van der Waals surface area contributed by atoms with Crippen molar-refractivity contribution in [3.05, 3.63) is 90.1 Å². The van der Waals surface area contributed by atoms with E-state index in [1.54, 1.807) is 29.6 Å². The van der Waals surface area contributed by atoms with Crippen molar-refractivity contribution in [3.8, 4) is 33.8 Å². The topological polar surface area (TPSA) is 73.5 Å². The first kappa shape index (κ1) is 24.5. The number of aromatic amines is 2. The Morgan fingerprint density at radius 2 is 1.85 bits per heavy atom. The third kappa shape index (κ3) is 4.52. The van der Waals surface area contributed by atoms with Crippen molar-refractivity contribution in [3.63, 3.8) is 0 Å². The van der Waals surface area contributed by atoms with Gasteiger partial charge in [0.1, 0.15) is 11.5 Å². The van der Waals surface area contributed by atoms with Crippen LogP contribution in [0.4, 0.5) is 13.2 Å². The summed E-state index contributed by atoms with van der Waals surface area (Å²) in [5, 5.41) is 9.49. The Hall–Kier alpha value is -4.50. The van der Waals surface area contributed by atoms with Gasteiger partial charge in [0.2, 0.25) is 0 Å². The lowest BCUT2D eigenvalue weighted by atomic mass is 9.99. The van der Waals surface area contributed by atoms with Crippen LogP contribution in [-0.4, -0.2) is 49.1 Å². The van der Waals surface area contributed by atoms with Gasteiger partial charge in [0.25, 0.3) is 5.92 Å². The predicted octanol–water partition coefficient (Wildman–Crippen LogP) is 7.12. The molecule has 40 heavy (non-hydrogen) atoms. The van der Waals surface area contributed by atoms with Crippen molar-refractivity contribution in [1.82, 2.24) is 30.0 Å². The summed E-state index contributed by atoms with van der Waals surface area (Å²) in [5.74, 6) is -2.90. The van der Waals surface area contributed by atoms with Crippen molar-refractivity contribution in [1.29, 1.82) is 0 Å². The number of hydrogen-bond acceptors (Lipinski definition) is 4. The van der Waals surface area contributed by atoms with Crippen LogP contribution in [0.25, 0.3) is 55.6 Å². The molecule has 6 nitrogen and oxygen atoms in total. The molecule has 1 fully saturated rings. The van der Waals surface area contributed by atoms with E-state index in [0.29, 0.717) is 18.8 Å². The van der Waals surface area contributed by atoms with E-state index in [9.17, 15) is 13.2 Å². The van der Waals surface area contributed by atoms with Crippen LogP contribution < -0.4 is 0 Å². The van der Waals surface area contributed by atoms with E-state index < -0.39 is 5.92 Å². The normalized spacial score (nSPS) is 15.4. The molecule has 0 bridgehead atoms. The Balaban J connectivity index is 1.25. The average Bonchev–Trinajstić information content (AvgIpc) is 3.63. The number of alkyl halides is 2. The molecule has 4 aromatic heterocycles. The van der Waals surface area contributed by atoms with Gasteiger partial charge in [-0.1, -0.05) is 18.2 Å². The van der Waals surface area contributed by atoms with Gasteiger partial charge in [0.05, 0.1) is 29.6 Å². The molecule has 200 valence electrons. The highest BCUT2D eigenvalue weighted by Crippen LogP contribution is 2.35. The highest BCUT2D eigenvalue weighted by Gasteiger charge is 2.37.